The lowest BCUT2D eigenvalue weighted by molar-refractivity contribution is 0.512. The quantitative estimate of drug-likeness (QED) is 0.774. The lowest BCUT2D eigenvalue weighted by Crippen LogP contribution is -2.29. The van der Waals surface area contributed by atoms with Crippen molar-refractivity contribution >= 4 is 0 Å². The Labute approximate surface area is 96.0 Å². The van der Waals surface area contributed by atoms with Crippen LogP contribution in [0.4, 0.5) is 4.39 Å². The van der Waals surface area contributed by atoms with Gasteiger partial charge in [0.25, 0.3) is 0 Å². The molecule has 0 spiro atoms. The van der Waals surface area contributed by atoms with E-state index in [-0.39, 0.29) is 11.9 Å². The second-order valence-electron chi connectivity index (χ2n) is 4.53. The summed E-state index contributed by atoms with van der Waals surface area (Å²) in [6.45, 7) is 1.48. The minimum atomic E-state index is -0.194. The number of hydrogen-bond acceptors (Lipinski definition) is 2. The Hall–Kier alpha value is -0.930. The van der Waals surface area contributed by atoms with Crippen LogP contribution in [0.5, 0.6) is 0 Å². The molecule has 1 aromatic rings. The molecule has 1 aliphatic rings. The van der Waals surface area contributed by atoms with E-state index in [2.05, 4.69) is 5.32 Å². The molecule has 16 heavy (non-hydrogen) atoms. The van der Waals surface area contributed by atoms with Gasteiger partial charge < -0.3 is 11.1 Å². The third-order valence-electron chi connectivity index (χ3n) is 3.13. The van der Waals surface area contributed by atoms with Gasteiger partial charge in [-0.2, -0.15) is 0 Å². The molecule has 2 nitrogen and oxygen atoms in total. The second-order valence-corrected chi connectivity index (χ2v) is 4.53. The Balaban J connectivity index is 1.87. The van der Waals surface area contributed by atoms with Crippen LogP contribution >= 0.6 is 0 Å². The number of nitrogens with two attached hydrogens (primary N) is 1. The molecule has 0 bridgehead atoms. The predicted molar refractivity (Wildman–Crippen MR) is 63.5 cm³/mol. The van der Waals surface area contributed by atoms with Gasteiger partial charge in [0.15, 0.2) is 0 Å². The summed E-state index contributed by atoms with van der Waals surface area (Å²) in [5.41, 5.74) is 6.65. The topological polar surface area (TPSA) is 38.0 Å². The molecule has 0 saturated heterocycles. The molecule has 0 heterocycles. The molecule has 1 unspecified atom stereocenters. The van der Waals surface area contributed by atoms with E-state index in [9.17, 15) is 4.39 Å². The number of rotatable bonds is 6. The number of benzene rings is 1. The van der Waals surface area contributed by atoms with E-state index in [1.165, 1.54) is 25.3 Å². The maximum Gasteiger partial charge on any atom is 0.123 e. The van der Waals surface area contributed by atoms with Crippen molar-refractivity contribution in [3.8, 4) is 0 Å². The molecule has 0 aromatic heterocycles. The first-order valence-electron chi connectivity index (χ1n) is 5.98. The molecule has 0 radical (unpaired) electrons. The zero-order valence-corrected chi connectivity index (χ0v) is 9.45. The zero-order valence-electron chi connectivity index (χ0n) is 9.45. The normalized spacial score (nSPS) is 17.4. The fourth-order valence-corrected chi connectivity index (χ4v) is 1.93. The Kier molecular flexibility index (Phi) is 3.91. The molecule has 3 heteroatoms. The summed E-state index contributed by atoms with van der Waals surface area (Å²) in [6.07, 6.45) is 3.95. The molecule has 1 fully saturated rings. The van der Waals surface area contributed by atoms with Gasteiger partial charge in [0.1, 0.15) is 5.82 Å². The second kappa shape index (κ2) is 5.41. The van der Waals surface area contributed by atoms with Crippen LogP contribution in [0, 0.1) is 11.7 Å². The van der Waals surface area contributed by atoms with Crippen LogP contribution in [0.3, 0.4) is 0 Å². The molecule has 2 rings (SSSR count). The minimum Gasteiger partial charge on any atom is -0.329 e. The molecule has 3 N–H and O–H groups in total. The number of hydrogen-bond donors (Lipinski definition) is 2. The summed E-state index contributed by atoms with van der Waals surface area (Å²) in [5.74, 6) is 0.721. The van der Waals surface area contributed by atoms with Gasteiger partial charge in [0.2, 0.25) is 0 Å². The standard InChI is InChI=1S/C13H19FN2/c14-12-3-1-2-11(8-12)13(9-15)16-7-6-10-4-5-10/h1-3,8,10,13,16H,4-7,9,15H2. The van der Waals surface area contributed by atoms with Crippen molar-refractivity contribution in [3.63, 3.8) is 0 Å². The van der Waals surface area contributed by atoms with E-state index in [1.807, 2.05) is 6.07 Å². The fraction of sp³-hybridized carbons (Fsp3) is 0.538. The summed E-state index contributed by atoms with van der Waals surface area (Å²) in [5, 5.41) is 3.39. The lowest BCUT2D eigenvalue weighted by atomic mass is 10.1. The first-order chi connectivity index (χ1) is 7.79. The average molecular weight is 222 g/mol. The van der Waals surface area contributed by atoms with Crippen molar-refractivity contribution in [2.45, 2.75) is 25.3 Å². The summed E-state index contributed by atoms with van der Waals surface area (Å²) in [4.78, 5) is 0. The van der Waals surface area contributed by atoms with Gasteiger partial charge in [-0.25, -0.2) is 4.39 Å². The van der Waals surface area contributed by atoms with Crippen molar-refractivity contribution in [1.82, 2.24) is 5.32 Å². The highest BCUT2D eigenvalue weighted by Crippen LogP contribution is 2.31. The van der Waals surface area contributed by atoms with Crippen LogP contribution in [-0.2, 0) is 0 Å². The molecule has 1 aliphatic carbocycles. The van der Waals surface area contributed by atoms with Crippen LogP contribution in [-0.4, -0.2) is 13.1 Å². The Morgan fingerprint density at radius 1 is 1.44 bits per heavy atom. The molecule has 88 valence electrons. The van der Waals surface area contributed by atoms with Gasteiger partial charge in [0, 0.05) is 12.6 Å². The van der Waals surface area contributed by atoms with Crippen molar-refractivity contribution < 1.29 is 4.39 Å². The van der Waals surface area contributed by atoms with Gasteiger partial charge in [-0.3, -0.25) is 0 Å². The van der Waals surface area contributed by atoms with Crippen molar-refractivity contribution in [1.29, 1.82) is 0 Å². The van der Waals surface area contributed by atoms with E-state index in [1.54, 1.807) is 12.1 Å². The Bertz CT molecular complexity index is 336. The maximum atomic E-state index is 13.1. The average Bonchev–Trinajstić information content (AvgIpc) is 3.08. The van der Waals surface area contributed by atoms with Gasteiger partial charge >= 0.3 is 0 Å². The third kappa shape index (κ3) is 3.29. The van der Waals surface area contributed by atoms with E-state index in [4.69, 9.17) is 5.73 Å². The molecule has 1 aromatic carbocycles. The van der Waals surface area contributed by atoms with Crippen molar-refractivity contribution in [2.24, 2.45) is 11.7 Å². The molecule has 0 amide bonds. The van der Waals surface area contributed by atoms with E-state index >= 15 is 0 Å². The largest absolute Gasteiger partial charge is 0.329 e. The first kappa shape index (κ1) is 11.6. The first-order valence-corrected chi connectivity index (χ1v) is 5.98. The SMILES string of the molecule is NCC(NCCC1CC1)c1cccc(F)c1. The molecular weight excluding hydrogens is 203 g/mol. The van der Waals surface area contributed by atoms with Crippen LogP contribution < -0.4 is 11.1 Å². The summed E-state index contributed by atoms with van der Waals surface area (Å²) in [6, 6.07) is 6.75. The number of nitrogens with one attached hydrogen (secondary N) is 1. The predicted octanol–water partition coefficient (Wildman–Crippen LogP) is 2.22. The minimum absolute atomic E-state index is 0.0782. The highest BCUT2D eigenvalue weighted by molar-refractivity contribution is 5.20. The summed E-state index contributed by atoms with van der Waals surface area (Å²) >= 11 is 0. The van der Waals surface area contributed by atoms with Crippen LogP contribution in [0.15, 0.2) is 24.3 Å². The Morgan fingerprint density at radius 3 is 2.88 bits per heavy atom. The summed E-state index contributed by atoms with van der Waals surface area (Å²) < 4.78 is 13.1. The van der Waals surface area contributed by atoms with Gasteiger partial charge in [-0.1, -0.05) is 25.0 Å². The van der Waals surface area contributed by atoms with Crippen molar-refractivity contribution in [3.05, 3.63) is 35.6 Å². The van der Waals surface area contributed by atoms with E-state index < -0.39 is 0 Å². The fourth-order valence-electron chi connectivity index (χ4n) is 1.93. The molecule has 1 saturated carbocycles. The Morgan fingerprint density at radius 2 is 2.25 bits per heavy atom. The van der Waals surface area contributed by atoms with Crippen LogP contribution in [0.2, 0.25) is 0 Å². The van der Waals surface area contributed by atoms with Crippen LogP contribution in [0.1, 0.15) is 30.9 Å². The lowest BCUT2D eigenvalue weighted by Gasteiger charge is -2.17. The number of halogens is 1. The smallest absolute Gasteiger partial charge is 0.123 e. The third-order valence-corrected chi connectivity index (χ3v) is 3.13. The monoisotopic (exact) mass is 222 g/mol. The van der Waals surface area contributed by atoms with Gasteiger partial charge in [0.05, 0.1) is 0 Å². The summed E-state index contributed by atoms with van der Waals surface area (Å²) in [7, 11) is 0. The maximum absolute atomic E-state index is 13.1. The zero-order chi connectivity index (χ0) is 11.4. The highest BCUT2D eigenvalue weighted by Gasteiger charge is 2.20. The highest BCUT2D eigenvalue weighted by atomic mass is 19.1. The molecule has 1 atom stereocenters. The van der Waals surface area contributed by atoms with Gasteiger partial charge in [-0.05, 0) is 36.6 Å². The van der Waals surface area contributed by atoms with E-state index in [0.29, 0.717) is 6.54 Å². The van der Waals surface area contributed by atoms with Crippen LogP contribution in [0.25, 0.3) is 0 Å². The van der Waals surface area contributed by atoms with Crippen molar-refractivity contribution in [2.75, 3.05) is 13.1 Å². The molecule has 0 aliphatic heterocycles. The molecular formula is C13H19FN2. The van der Waals surface area contributed by atoms with Gasteiger partial charge in [-0.15, -0.1) is 0 Å². The van der Waals surface area contributed by atoms with E-state index in [0.717, 1.165) is 18.0 Å².